The normalized spacial score (nSPS) is 11.4. The van der Waals surface area contributed by atoms with Gasteiger partial charge < -0.3 is 10.8 Å². The number of hydrogen-bond donors (Lipinski definition) is 2. The number of benzene rings is 1. The summed E-state index contributed by atoms with van der Waals surface area (Å²) < 4.78 is 0.940. The molecule has 5 heteroatoms. The van der Waals surface area contributed by atoms with Crippen LogP contribution in [0.1, 0.15) is 13.8 Å². The first-order valence-corrected chi connectivity index (χ1v) is 6.31. The van der Waals surface area contributed by atoms with Gasteiger partial charge in [-0.1, -0.05) is 25.2 Å². The molecule has 15 heavy (non-hydrogen) atoms. The van der Waals surface area contributed by atoms with Gasteiger partial charge >= 0.3 is 0 Å². The molecule has 0 saturated heterocycles. The Bertz CT molecular complexity index is 493. The molecule has 0 aliphatic rings. The van der Waals surface area contributed by atoms with E-state index in [1.165, 1.54) is 11.3 Å². The molecule has 1 aromatic heterocycles. The highest BCUT2D eigenvalue weighted by molar-refractivity contribution is 7.99. The molecule has 0 fully saturated rings. The van der Waals surface area contributed by atoms with Crippen molar-refractivity contribution in [2.75, 3.05) is 5.73 Å². The summed E-state index contributed by atoms with van der Waals surface area (Å²) in [5.41, 5.74) is 6.20. The van der Waals surface area contributed by atoms with Crippen LogP contribution in [-0.4, -0.2) is 15.3 Å². The highest BCUT2D eigenvalue weighted by Gasteiger charge is 2.09. The Labute approximate surface area is 96.3 Å². The lowest BCUT2D eigenvalue weighted by atomic mass is 10.3. The summed E-state index contributed by atoms with van der Waals surface area (Å²) in [4.78, 5) is 5.12. The Balaban J connectivity index is 2.51. The van der Waals surface area contributed by atoms with Crippen LogP contribution < -0.4 is 5.73 Å². The minimum Gasteiger partial charge on any atom is -0.506 e. The lowest BCUT2D eigenvalue weighted by Crippen LogP contribution is -1.85. The van der Waals surface area contributed by atoms with E-state index in [0.29, 0.717) is 15.9 Å². The fourth-order valence-corrected chi connectivity index (χ4v) is 3.12. The predicted octanol–water partition coefficient (Wildman–Crippen LogP) is 3.08. The fraction of sp³-hybridized carbons (Fsp3) is 0.300. The van der Waals surface area contributed by atoms with Crippen LogP contribution in [0.4, 0.5) is 5.13 Å². The lowest BCUT2D eigenvalue weighted by Gasteiger charge is -2.05. The van der Waals surface area contributed by atoms with Crippen molar-refractivity contribution in [1.29, 1.82) is 0 Å². The predicted molar refractivity (Wildman–Crippen MR) is 66.7 cm³/mol. The molecule has 3 N–H and O–H groups in total. The Hall–Kier alpha value is -0.940. The van der Waals surface area contributed by atoms with E-state index < -0.39 is 0 Å². The molecule has 0 saturated carbocycles. The van der Waals surface area contributed by atoms with Gasteiger partial charge in [-0.2, -0.15) is 0 Å². The van der Waals surface area contributed by atoms with Gasteiger partial charge in [0.05, 0.1) is 4.70 Å². The molecule has 1 aromatic carbocycles. The second-order valence-corrected chi connectivity index (χ2v) is 6.22. The van der Waals surface area contributed by atoms with Gasteiger partial charge in [-0.05, 0) is 12.1 Å². The maximum absolute atomic E-state index is 9.75. The number of thiazole rings is 1. The summed E-state index contributed by atoms with van der Waals surface area (Å²) in [6, 6.07) is 3.76. The van der Waals surface area contributed by atoms with Gasteiger partial charge in [0.15, 0.2) is 5.13 Å². The van der Waals surface area contributed by atoms with Crippen molar-refractivity contribution in [1.82, 2.24) is 4.98 Å². The van der Waals surface area contributed by atoms with Crippen LogP contribution in [0.3, 0.4) is 0 Å². The second kappa shape index (κ2) is 3.90. The summed E-state index contributed by atoms with van der Waals surface area (Å²) in [5.74, 6) is 0.212. The summed E-state index contributed by atoms with van der Waals surface area (Å²) in [5, 5.41) is 10.7. The number of nitrogen functional groups attached to an aromatic ring is 1. The third-order valence-electron chi connectivity index (χ3n) is 1.84. The molecule has 0 spiro atoms. The number of aromatic nitrogens is 1. The van der Waals surface area contributed by atoms with E-state index in [9.17, 15) is 5.11 Å². The molecular weight excluding hydrogens is 228 g/mol. The smallest absolute Gasteiger partial charge is 0.181 e. The average Bonchev–Trinajstić information content (AvgIpc) is 2.44. The topological polar surface area (TPSA) is 59.1 Å². The second-order valence-electron chi connectivity index (χ2n) is 3.51. The van der Waals surface area contributed by atoms with E-state index in [-0.39, 0.29) is 5.75 Å². The van der Waals surface area contributed by atoms with Gasteiger partial charge in [-0.25, -0.2) is 4.98 Å². The van der Waals surface area contributed by atoms with Crippen molar-refractivity contribution in [3.8, 4) is 5.75 Å². The molecular formula is C10H12N2OS2. The monoisotopic (exact) mass is 240 g/mol. The van der Waals surface area contributed by atoms with Gasteiger partial charge in [-0.3, -0.25) is 0 Å². The molecule has 0 aliphatic heterocycles. The Morgan fingerprint density at radius 1 is 1.47 bits per heavy atom. The van der Waals surface area contributed by atoms with Crippen molar-refractivity contribution in [2.24, 2.45) is 0 Å². The van der Waals surface area contributed by atoms with Gasteiger partial charge in [0, 0.05) is 10.1 Å². The largest absolute Gasteiger partial charge is 0.506 e. The molecule has 0 aliphatic carbocycles. The minimum atomic E-state index is 0.212. The number of nitrogens with zero attached hydrogens (tertiary/aromatic N) is 1. The number of phenols is 1. The summed E-state index contributed by atoms with van der Waals surface area (Å²) in [6.45, 7) is 4.24. The third-order valence-corrected chi connectivity index (χ3v) is 3.65. The Morgan fingerprint density at radius 2 is 2.20 bits per heavy atom. The van der Waals surface area contributed by atoms with Crippen LogP contribution in [0.25, 0.3) is 10.2 Å². The Kier molecular flexibility index (Phi) is 2.75. The van der Waals surface area contributed by atoms with E-state index >= 15 is 0 Å². The van der Waals surface area contributed by atoms with E-state index in [1.54, 1.807) is 17.8 Å². The third kappa shape index (κ3) is 2.18. The fourth-order valence-electron chi connectivity index (χ4n) is 1.34. The SMILES string of the molecule is CC(C)Sc1cc(O)c2nc(N)sc2c1. The molecule has 0 amide bonds. The van der Waals surface area contributed by atoms with Crippen molar-refractivity contribution in [3.63, 3.8) is 0 Å². The summed E-state index contributed by atoms with van der Waals surface area (Å²) in [7, 11) is 0. The van der Waals surface area contributed by atoms with E-state index in [0.717, 1.165) is 9.60 Å². The van der Waals surface area contributed by atoms with Crippen molar-refractivity contribution >= 4 is 38.4 Å². The van der Waals surface area contributed by atoms with Crippen molar-refractivity contribution < 1.29 is 5.11 Å². The van der Waals surface area contributed by atoms with Crippen LogP contribution in [-0.2, 0) is 0 Å². The van der Waals surface area contributed by atoms with E-state index in [4.69, 9.17) is 5.73 Å². The number of thioether (sulfide) groups is 1. The molecule has 3 nitrogen and oxygen atoms in total. The van der Waals surface area contributed by atoms with Gasteiger partial charge in [0.25, 0.3) is 0 Å². The van der Waals surface area contributed by atoms with Crippen LogP contribution in [0.5, 0.6) is 5.75 Å². The minimum absolute atomic E-state index is 0.212. The first-order valence-electron chi connectivity index (χ1n) is 4.62. The van der Waals surface area contributed by atoms with Gasteiger partial charge in [-0.15, -0.1) is 11.8 Å². The zero-order valence-electron chi connectivity index (χ0n) is 8.52. The summed E-state index contributed by atoms with van der Waals surface area (Å²) >= 11 is 3.12. The van der Waals surface area contributed by atoms with Crippen molar-refractivity contribution in [3.05, 3.63) is 12.1 Å². The zero-order chi connectivity index (χ0) is 11.0. The number of phenolic OH excluding ortho intramolecular Hbond substituents is 1. The zero-order valence-corrected chi connectivity index (χ0v) is 10.2. The number of hydrogen-bond acceptors (Lipinski definition) is 5. The summed E-state index contributed by atoms with van der Waals surface area (Å²) in [6.07, 6.45) is 0. The van der Waals surface area contributed by atoms with E-state index in [2.05, 4.69) is 18.8 Å². The lowest BCUT2D eigenvalue weighted by molar-refractivity contribution is 0.479. The standard InChI is InChI=1S/C10H12N2OS2/c1-5(2)14-6-3-7(13)9-8(4-6)15-10(11)12-9/h3-5,13H,1-2H3,(H2,11,12). The average molecular weight is 240 g/mol. The first-order chi connectivity index (χ1) is 7.06. The molecule has 0 bridgehead atoms. The molecule has 1 heterocycles. The number of nitrogens with two attached hydrogens (primary N) is 1. The molecule has 0 unspecified atom stereocenters. The molecule has 0 radical (unpaired) electrons. The van der Waals surface area contributed by atoms with Gasteiger partial charge in [0.2, 0.25) is 0 Å². The molecule has 0 atom stereocenters. The van der Waals surface area contributed by atoms with Gasteiger partial charge in [0.1, 0.15) is 11.3 Å². The van der Waals surface area contributed by atoms with Crippen LogP contribution in [0.15, 0.2) is 17.0 Å². The van der Waals surface area contributed by atoms with Crippen molar-refractivity contribution in [2.45, 2.75) is 24.0 Å². The number of aromatic hydroxyl groups is 1. The highest BCUT2D eigenvalue weighted by Crippen LogP contribution is 2.36. The first kappa shape index (κ1) is 10.6. The molecule has 2 rings (SSSR count). The number of anilines is 1. The van der Waals surface area contributed by atoms with Crippen LogP contribution in [0, 0.1) is 0 Å². The molecule has 80 valence electrons. The Morgan fingerprint density at radius 3 is 2.87 bits per heavy atom. The van der Waals surface area contributed by atoms with Crippen LogP contribution in [0.2, 0.25) is 0 Å². The number of rotatable bonds is 2. The maximum Gasteiger partial charge on any atom is 0.181 e. The highest BCUT2D eigenvalue weighted by atomic mass is 32.2. The number of fused-ring (bicyclic) bond motifs is 1. The van der Waals surface area contributed by atoms with E-state index in [1.807, 2.05) is 6.07 Å². The maximum atomic E-state index is 9.75. The van der Waals surface area contributed by atoms with Crippen LogP contribution >= 0.6 is 23.1 Å². The molecule has 2 aromatic rings. The quantitative estimate of drug-likeness (QED) is 0.792.